The summed E-state index contributed by atoms with van der Waals surface area (Å²) in [4.78, 5) is 41.9. The number of carboxylic acids is 2. The number of rotatable bonds is 6. The highest BCUT2D eigenvalue weighted by Crippen LogP contribution is 2.01. The normalized spacial score (nSPS) is 14.5. The molecule has 136 valence electrons. The van der Waals surface area contributed by atoms with E-state index in [0.29, 0.717) is 0 Å². The molecule has 0 radical (unpaired) electrons. The largest absolute Gasteiger partial charge is 0.479 e. The van der Waals surface area contributed by atoms with Gasteiger partial charge >= 0.3 is 23.9 Å². The van der Waals surface area contributed by atoms with Gasteiger partial charge in [0, 0.05) is 0 Å². The van der Waals surface area contributed by atoms with Crippen LogP contribution in [0.3, 0.4) is 0 Å². The van der Waals surface area contributed by atoms with Crippen LogP contribution < -0.4 is 0 Å². The number of hydrogen-bond acceptors (Lipinski definition) is 8. The number of hydrogen-bond donors (Lipinski definition) is 4. The smallest absolute Gasteiger partial charge is 0.347 e. The lowest BCUT2D eigenvalue weighted by Gasteiger charge is -2.15. The van der Waals surface area contributed by atoms with Gasteiger partial charge in [0.15, 0.2) is 12.2 Å². The van der Waals surface area contributed by atoms with E-state index in [2.05, 4.69) is 9.47 Å². The van der Waals surface area contributed by atoms with E-state index in [1.807, 2.05) is 0 Å². The van der Waals surface area contributed by atoms with Crippen LogP contribution in [0.5, 0.6) is 0 Å². The van der Waals surface area contributed by atoms with E-state index in [1.54, 1.807) is 0 Å². The molecule has 0 aliphatic heterocycles. The average molecular weight is 342 g/mol. The zero-order valence-electron chi connectivity index (χ0n) is 13.0. The van der Waals surface area contributed by atoms with Gasteiger partial charge < -0.3 is 35.4 Å². The second-order valence-corrected chi connectivity index (χ2v) is 4.19. The number of aliphatic hydroxyl groups is 2. The van der Waals surface area contributed by atoms with Crippen molar-refractivity contribution in [3.63, 3.8) is 0 Å². The minimum atomic E-state index is -1.35. The molecule has 0 aromatic rings. The second-order valence-electron chi connectivity index (χ2n) is 4.19. The first kappa shape index (κ1) is 25.7. The van der Waals surface area contributed by atoms with Crippen LogP contribution >= 0.6 is 0 Å². The van der Waals surface area contributed by atoms with Crippen molar-refractivity contribution in [3.05, 3.63) is 0 Å². The number of carbonyl (C=O) groups excluding carboxylic acids is 2. The number of carboxylic acid groups (broad SMARTS) is 2. The number of aliphatic hydroxyl groups excluding tert-OH is 2. The zero-order chi connectivity index (χ0) is 18.0. The molecule has 0 aliphatic rings. The van der Waals surface area contributed by atoms with Gasteiger partial charge in [0.25, 0.3) is 0 Å². The van der Waals surface area contributed by atoms with Gasteiger partial charge in [-0.2, -0.15) is 0 Å². The molecule has 6 N–H and O–H groups in total. The van der Waals surface area contributed by atoms with Gasteiger partial charge in [0.2, 0.25) is 0 Å². The predicted octanol–water partition coefficient (Wildman–Crippen LogP) is -2.06. The second kappa shape index (κ2) is 12.3. The lowest BCUT2D eigenvalue weighted by molar-refractivity contribution is -0.177. The maximum absolute atomic E-state index is 11.2. The maximum atomic E-state index is 11.2. The highest BCUT2D eigenvalue weighted by atomic mass is 16.6. The molecular formula is C12H22O11. The molecule has 0 aliphatic carbocycles. The van der Waals surface area contributed by atoms with E-state index in [4.69, 9.17) is 20.4 Å². The summed E-state index contributed by atoms with van der Waals surface area (Å²) in [5, 5.41) is 33.0. The molecular weight excluding hydrogens is 320 g/mol. The average Bonchev–Trinajstić information content (AvgIpc) is 2.38. The Balaban J connectivity index is -0.000000487. The van der Waals surface area contributed by atoms with Crippen LogP contribution in [0.1, 0.15) is 27.7 Å². The standard InChI is InChI=1S/C9H14O7.C3H6O3.H2O/c1-4(10)8(13)16-6(3)9(14)15-5(2)7(11)12;1-2(4)3(5)6;/h4-6,10H,1-3H3,(H,11,12);2,4H,1H3,(H,5,6);1H2. The summed E-state index contributed by atoms with van der Waals surface area (Å²) >= 11 is 0. The Bertz CT molecular complexity index is 402. The predicted molar refractivity (Wildman–Crippen MR) is 73.4 cm³/mol. The van der Waals surface area contributed by atoms with E-state index >= 15 is 0 Å². The lowest BCUT2D eigenvalue weighted by Crippen LogP contribution is -2.34. The Morgan fingerprint density at radius 1 is 0.696 bits per heavy atom. The summed E-state index contributed by atoms with van der Waals surface area (Å²) in [6.45, 7) is 4.77. The van der Waals surface area contributed by atoms with Gasteiger partial charge in [-0.1, -0.05) is 0 Å². The van der Waals surface area contributed by atoms with Gasteiger partial charge in [-0.15, -0.1) is 0 Å². The Morgan fingerprint density at radius 2 is 1.04 bits per heavy atom. The monoisotopic (exact) mass is 342 g/mol. The topological polar surface area (TPSA) is 199 Å². The van der Waals surface area contributed by atoms with Crippen molar-refractivity contribution in [2.75, 3.05) is 0 Å². The van der Waals surface area contributed by atoms with Crippen molar-refractivity contribution < 1.29 is 54.6 Å². The molecule has 4 unspecified atom stereocenters. The molecule has 0 heterocycles. The Kier molecular flexibility index (Phi) is 13.8. The van der Waals surface area contributed by atoms with Crippen molar-refractivity contribution in [1.29, 1.82) is 0 Å². The fraction of sp³-hybridized carbons (Fsp3) is 0.667. The quantitative estimate of drug-likeness (QED) is 0.389. The van der Waals surface area contributed by atoms with E-state index in [0.717, 1.165) is 0 Å². The van der Waals surface area contributed by atoms with Gasteiger partial charge in [0.1, 0.15) is 12.2 Å². The number of aliphatic carboxylic acids is 2. The summed E-state index contributed by atoms with van der Waals surface area (Å²) < 4.78 is 8.95. The van der Waals surface area contributed by atoms with Gasteiger partial charge in [-0.25, -0.2) is 19.2 Å². The lowest BCUT2D eigenvalue weighted by atomic mass is 10.3. The first-order valence-electron chi connectivity index (χ1n) is 6.12. The molecule has 0 spiro atoms. The van der Waals surface area contributed by atoms with E-state index in [9.17, 15) is 19.2 Å². The van der Waals surface area contributed by atoms with Crippen LogP contribution in [0.2, 0.25) is 0 Å². The fourth-order valence-corrected chi connectivity index (χ4v) is 0.641. The molecule has 0 amide bonds. The van der Waals surface area contributed by atoms with Crippen LogP contribution in [-0.4, -0.2) is 74.2 Å². The van der Waals surface area contributed by atoms with Crippen LogP contribution in [0.15, 0.2) is 0 Å². The maximum Gasteiger partial charge on any atom is 0.347 e. The molecule has 0 bridgehead atoms. The molecule has 0 aromatic heterocycles. The van der Waals surface area contributed by atoms with Crippen molar-refractivity contribution >= 4 is 23.9 Å². The molecule has 11 nitrogen and oxygen atoms in total. The third-order valence-electron chi connectivity index (χ3n) is 1.96. The number of esters is 2. The van der Waals surface area contributed by atoms with E-state index in [-0.39, 0.29) is 5.48 Å². The van der Waals surface area contributed by atoms with Crippen molar-refractivity contribution in [2.45, 2.75) is 52.1 Å². The van der Waals surface area contributed by atoms with Crippen LogP contribution in [0, 0.1) is 0 Å². The summed E-state index contributed by atoms with van der Waals surface area (Å²) in [6, 6.07) is 0. The Morgan fingerprint density at radius 3 is 1.30 bits per heavy atom. The van der Waals surface area contributed by atoms with Crippen LogP contribution in [0.25, 0.3) is 0 Å². The minimum absolute atomic E-state index is 0. The molecule has 0 aromatic carbocycles. The zero-order valence-corrected chi connectivity index (χ0v) is 13.0. The van der Waals surface area contributed by atoms with Gasteiger partial charge in [-0.05, 0) is 27.7 Å². The summed E-state index contributed by atoms with van der Waals surface area (Å²) in [6.07, 6.45) is -5.17. The number of ether oxygens (including phenoxy) is 2. The van der Waals surface area contributed by atoms with Crippen molar-refractivity contribution in [2.24, 2.45) is 0 Å². The van der Waals surface area contributed by atoms with Gasteiger partial charge in [0.05, 0.1) is 0 Å². The van der Waals surface area contributed by atoms with Crippen molar-refractivity contribution in [3.8, 4) is 0 Å². The molecule has 0 fully saturated rings. The summed E-state index contributed by atoms with van der Waals surface area (Å²) in [5.41, 5.74) is 0. The first-order valence-corrected chi connectivity index (χ1v) is 6.12. The summed E-state index contributed by atoms with van der Waals surface area (Å²) in [7, 11) is 0. The molecule has 0 saturated carbocycles. The SMILES string of the molecule is CC(O)C(=O)O.CC(O)C(=O)OC(C)C(=O)OC(C)C(=O)O.O. The van der Waals surface area contributed by atoms with Gasteiger partial charge in [-0.3, -0.25) is 0 Å². The third-order valence-corrected chi connectivity index (χ3v) is 1.96. The Hall–Kier alpha value is -2.24. The van der Waals surface area contributed by atoms with Crippen LogP contribution in [-0.2, 0) is 28.7 Å². The van der Waals surface area contributed by atoms with E-state index in [1.165, 1.54) is 27.7 Å². The molecule has 0 rings (SSSR count). The first-order chi connectivity index (χ1) is 9.89. The summed E-state index contributed by atoms with van der Waals surface area (Å²) in [5.74, 6) is -4.45. The Labute approximate surface area is 131 Å². The molecule has 0 saturated heterocycles. The fourth-order valence-electron chi connectivity index (χ4n) is 0.641. The highest BCUT2D eigenvalue weighted by molar-refractivity contribution is 5.83. The molecule has 23 heavy (non-hydrogen) atoms. The van der Waals surface area contributed by atoms with Crippen molar-refractivity contribution in [1.82, 2.24) is 0 Å². The molecule has 4 atom stereocenters. The molecule has 11 heteroatoms. The minimum Gasteiger partial charge on any atom is -0.479 e. The van der Waals surface area contributed by atoms with Crippen LogP contribution in [0.4, 0.5) is 0 Å². The number of carbonyl (C=O) groups is 4. The van der Waals surface area contributed by atoms with E-state index < -0.39 is 48.3 Å². The third kappa shape index (κ3) is 13.2. The highest BCUT2D eigenvalue weighted by Gasteiger charge is 2.25.